The van der Waals surface area contributed by atoms with Gasteiger partial charge in [0, 0.05) is 0 Å². The highest BCUT2D eigenvalue weighted by atomic mass is 16.5. The molecule has 1 fully saturated rings. The summed E-state index contributed by atoms with van der Waals surface area (Å²) in [7, 11) is 0. The minimum absolute atomic E-state index is 0.000602. The third-order valence-corrected chi connectivity index (χ3v) is 3.54. The van der Waals surface area contributed by atoms with Crippen LogP contribution in [0.25, 0.3) is 0 Å². The Labute approximate surface area is 88.2 Å². The first-order valence-corrected chi connectivity index (χ1v) is 5.51. The van der Waals surface area contributed by atoms with E-state index in [1.165, 1.54) is 0 Å². The van der Waals surface area contributed by atoms with Crippen LogP contribution in [-0.4, -0.2) is 17.7 Å². The molecule has 0 saturated carbocycles. The van der Waals surface area contributed by atoms with Crippen LogP contribution in [0, 0.1) is 11.3 Å². The van der Waals surface area contributed by atoms with E-state index >= 15 is 0 Å². The predicted octanol–water partition coefficient (Wildman–Crippen LogP) is 2.57. The second-order valence-corrected chi connectivity index (χ2v) is 6.41. The van der Waals surface area contributed by atoms with Crippen LogP contribution in [0.4, 0.5) is 0 Å². The van der Waals surface area contributed by atoms with Gasteiger partial charge < -0.3 is 10.5 Å². The molecular weight excluding hydrogens is 174 g/mol. The van der Waals surface area contributed by atoms with Gasteiger partial charge in [0.15, 0.2) is 0 Å². The normalized spacial score (nSPS) is 30.6. The quantitative estimate of drug-likeness (QED) is 0.742. The van der Waals surface area contributed by atoms with E-state index in [1.807, 2.05) is 0 Å². The van der Waals surface area contributed by atoms with Crippen molar-refractivity contribution in [1.82, 2.24) is 0 Å². The first kappa shape index (κ1) is 12.0. The van der Waals surface area contributed by atoms with Crippen molar-refractivity contribution in [2.45, 2.75) is 59.2 Å². The number of rotatable bonds is 2. The molecule has 0 spiro atoms. The Kier molecular flexibility index (Phi) is 2.75. The third kappa shape index (κ3) is 2.12. The van der Waals surface area contributed by atoms with Gasteiger partial charge in [0.2, 0.25) is 0 Å². The Bertz CT molecular complexity index is 218. The summed E-state index contributed by atoms with van der Waals surface area (Å²) in [5.74, 6) is 0.537. The Morgan fingerprint density at radius 1 is 1.29 bits per heavy atom. The van der Waals surface area contributed by atoms with Crippen molar-refractivity contribution in [2.24, 2.45) is 17.1 Å². The summed E-state index contributed by atoms with van der Waals surface area (Å²) in [5.41, 5.74) is 5.96. The lowest BCUT2D eigenvalue weighted by molar-refractivity contribution is -0.0858. The number of nitrogens with two attached hydrogens (primary N) is 1. The molecule has 0 aliphatic carbocycles. The summed E-state index contributed by atoms with van der Waals surface area (Å²) in [6, 6.07) is 0. The zero-order chi connectivity index (χ0) is 11.2. The van der Waals surface area contributed by atoms with Crippen LogP contribution in [0.1, 0.15) is 48.0 Å². The van der Waals surface area contributed by atoms with Gasteiger partial charge in [-0.15, -0.1) is 0 Å². The molecule has 14 heavy (non-hydrogen) atoms. The fraction of sp³-hybridized carbons (Fsp3) is 1.00. The van der Waals surface area contributed by atoms with Crippen molar-refractivity contribution in [3.05, 3.63) is 0 Å². The van der Waals surface area contributed by atoms with Crippen molar-refractivity contribution < 1.29 is 4.74 Å². The Balaban J connectivity index is 2.91. The lowest BCUT2D eigenvalue weighted by atomic mass is 9.69. The van der Waals surface area contributed by atoms with E-state index in [4.69, 9.17) is 10.5 Å². The molecule has 0 aromatic rings. The van der Waals surface area contributed by atoms with Crippen LogP contribution < -0.4 is 5.73 Å². The lowest BCUT2D eigenvalue weighted by Crippen LogP contribution is -2.42. The van der Waals surface area contributed by atoms with E-state index in [9.17, 15) is 0 Å². The van der Waals surface area contributed by atoms with E-state index < -0.39 is 0 Å². The largest absolute Gasteiger partial charge is 0.369 e. The van der Waals surface area contributed by atoms with Crippen molar-refractivity contribution in [2.75, 3.05) is 6.54 Å². The molecule has 0 bridgehead atoms. The molecule has 1 aliphatic rings. The molecule has 1 rings (SSSR count). The fourth-order valence-electron chi connectivity index (χ4n) is 2.92. The molecule has 1 unspecified atom stereocenters. The molecule has 1 saturated heterocycles. The molecule has 1 atom stereocenters. The molecule has 0 radical (unpaired) electrons. The van der Waals surface area contributed by atoms with Crippen molar-refractivity contribution in [3.8, 4) is 0 Å². The molecule has 0 aromatic carbocycles. The average molecular weight is 199 g/mol. The first-order chi connectivity index (χ1) is 6.11. The van der Waals surface area contributed by atoms with Crippen molar-refractivity contribution in [3.63, 3.8) is 0 Å². The van der Waals surface area contributed by atoms with Crippen LogP contribution >= 0.6 is 0 Å². The highest BCUT2D eigenvalue weighted by molar-refractivity contribution is 5.00. The van der Waals surface area contributed by atoms with Crippen molar-refractivity contribution in [1.29, 1.82) is 0 Å². The van der Waals surface area contributed by atoms with Gasteiger partial charge in [0.05, 0.1) is 11.2 Å². The van der Waals surface area contributed by atoms with E-state index in [0.29, 0.717) is 5.92 Å². The van der Waals surface area contributed by atoms with E-state index in [2.05, 4.69) is 41.5 Å². The lowest BCUT2D eigenvalue weighted by Gasteiger charge is -2.38. The van der Waals surface area contributed by atoms with Gasteiger partial charge in [-0.2, -0.15) is 0 Å². The maximum Gasteiger partial charge on any atom is 0.0668 e. The van der Waals surface area contributed by atoms with Crippen LogP contribution in [-0.2, 0) is 4.74 Å². The number of hydrogen-bond donors (Lipinski definition) is 1. The van der Waals surface area contributed by atoms with Crippen LogP contribution in [0.15, 0.2) is 0 Å². The second kappa shape index (κ2) is 3.21. The minimum atomic E-state index is -0.0492. The molecule has 0 aromatic heterocycles. The second-order valence-electron chi connectivity index (χ2n) is 6.41. The molecule has 1 heterocycles. The molecular formula is C12H25NO. The summed E-state index contributed by atoms with van der Waals surface area (Å²) in [6.07, 6.45) is 1.10. The molecule has 0 amide bonds. The average Bonchev–Trinajstić information content (AvgIpc) is 2.19. The van der Waals surface area contributed by atoms with Crippen molar-refractivity contribution >= 4 is 0 Å². The van der Waals surface area contributed by atoms with Gasteiger partial charge in [-0.25, -0.2) is 0 Å². The van der Waals surface area contributed by atoms with Gasteiger partial charge >= 0.3 is 0 Å². The maximum atomic E-state index is 6.08. The predicted molar refractivity (Wildman–Crippen MR) is 60.2 cm³/mol. The standard InChI is InChI=1S/C12H25NO/c1-10(2,8-13)9-7-11(3,4)14-12(9,5)6/h9H,7-8,13H2,1-6H3. The first-order valence-electron chi connectivity index (χ1n) is 5.51. The molecule has 1 aliphatic heterocycles. The minimum Gasteiger partial charge on any atom is -0.369 e. The van der Waals surface area contributed by atoms with Gasteiger partial charge in [0.1, 0.15) is 0 Å². The highest BCUT2D eigenvalue weighted by Crippen LogP contribution is 2.49. The third-order valence-electron chi connectivity index (χ3n) is 3.54. The molecule has 2 nitrogen and oxygen atoms in total. The fourth-order valence-corrected chi connectivity index (χ4v) is 2.92. The maximum absolute atomic E-state index is 6.08. The molecule has 84 valence electrons. The Hall–Kier alpha value is -0.0800. The molecule has 2 N–H and O–H groups in total. The van der Waals surface area contributed by atoms with Gasteiger partial charge in [0.25, 0.3) is 0 Å². The van der Waals surface area contributed by atoms with E-state index in [0.717, 1.165) is 13.0 Å². The van der Waals surface area contributed by atoms with E-state index in [-0.39, 0.29) is 16.6 Å². The Morgan fingerprint density at radius 2 is 1.79 bits per heavy atom. The summed E-state index contributed by atoms with van der Waals surface area (Å²) < 4.78 is 6.08. The Morgan fingerprint density at radius 3 is 2.07 bits per heavy atom. The van der Waals surface area contributed by atoms with E-state index in [1.54, 1.807) is 0 Å². The SMILES string of the molecule is CC1(C)CC(C(C)(C)CN)C(C)(C)O1. The monoisotopic (exact) mass is 199 g/mol. The van der Waals surface area contributed by atoms with Gasteiger partial charge in [-0.05, 0) is 52.0 Å². The summed E-state index contributed by atoms with van der Waals surface area (Å²) in [4.78, 5) is 0. The zero-order valence-corrected chi connectivity index (χ0v) is 10.5. The summed E-state index contributed by atoms with van der Waals surface area (Å²) in [5, 5.41) is 0. The summed E-state index contributed by atoms with van der Waals surface area (Å²) >= 11 is 0. The topological polar surface area (TPSA) is 35.2 Å². The van der Waals surface area contributed by atoms with Gasteiger partial charge in [-0.1, -0.05) is 13.8 Å². The number of ether oxygens (including phenoxy) is 1. The van der Waals surface area contributed by atoms with Crippen LogP contribution in [0.5, 0.6) is 0 Å². The molecule has 2 heteroatoms. The highest BCUT2D eigenvalue weighted by Gasteiger charge is 2.51. The number of hydrogen-bond acceptors (Lipinski definition) is 2. The van der Waals surface area contributed by atoms with Crippen LogP contribution in [0.3, 0.4) is 0 Å². The zero-order valence-electron chi connectivity index (χ0n) is 10.5. The van der Waals surface area contributed by atoms with Crippen LogP contribution in [0.2, 0.25) is 0 Å². The summed E-state index contributed by atoms with van der Waals surface area (Å²) in [6.45, 7) is 13.9. The smallest absolute Gasteiger partial charge is 0.0668 e. The van der Waals surface area contributed by atoms with Gasteiger partial charge in [-0.3, -0.25) is 0 Å².